The van der Waals surface area contributed by atoms with Gasteiger partial charge in [0.05, 0.1) is 12.2 Å². The summed E-state index contributed by atoms with van der Waals surface area (Å²) in [5.74, 6) is -0.724. The average molecular weight is 314 g/mol. The van der Waals surface area contributed by atoms with E-state index in [9.17, 15) is 14.4 Å². The van der Waals surface area contributed by atoms with Crippen molar-refractivity contribution in [2.45, 2.75) is 20.4 Å². The molecule has 1 aromatic carbocycles. The molecule has 6 nitrogen and oxygen atoms in total. The van der Waals surface area contributed by atoms with Crippen LogP contribution in [0.5, 0.6) is 0 Å². The first-order valence-electron chi connectivity index (χ1n) is 7.24. The molecule has 1 amide bonds. The Morgan fingerprint density at radius 2 is 1.87 bits per heavy atom. The van der Waals surface area contributed by atoms with Crippen molar-refractivity contribution in [3.8, 4) is 0 Å². The quantitative estimate of drug-likeness (QED) is 0.856. The highest BCUT2D eigenvalue weighted by molar-refractivity contribution is 5.93. The molecule has 0 aliphatic carbocycles. The zero-order valence-corrected chi connectivity index (χ0v) is 13.0. The molecule has 0 spiro atoms. The van der Waals surface area contributed by atoms with Crippen molar-refractivity contribution in [1.82, 2.24) is 4.57 Å². The molecule has 0 saturated carbocycles. The van der Waals surface area contributed by atoms with Crippen molar-refractivity contribution in [1.29, 1.82) is 0 Å². The van der Waals surface area contributed by atoms with Gasteiger partial charge in [0, 0.05) is 17.4 Å². The van der Waals surface area contributed by atoms with E-state index in [4.69, 9.17) is 4.74 Å². The van der Waals surface area contributed by atoms with Crippen LogP contribution in [0.3, 0.4) is 0 Å². The van der Waals surface area contributed by atoms with Gasteiger partial charge < -0.3 is 14.6 Å². The number of aromatic nitrogens is 1. The van der Waals surface area contributed by atoms with Crippen molar-refractivity contribution >= 4 is 17.6 Å². The number of esters is 1. The summed E-state index contributed by atoms with van der Waals surface area (Å²) in [4.78, 5) is 35.4. The second-order valence-electron chi connectivity index (χ2n) is 4.97. The SMILES string of the molecule is CCOC(=O)c1ccc(NC(=O)Cn2cccc(C)c2=O)cc1. The molecule has 1 N–H and O–H groups in total. The molecule has 120 valence electrons. The van der Waals surface area contributed by atoms with E-state index in [0.717, 1.165) is 0 Å². The summed E-state index contributed by atoms with van der Waals surface area (Å²) in [6.07, 6.45) is 1.57. The number of pyridine rings is 1. The zero-order valence-electron chi connectivity index (χ0n) is 13.0. The molecule has 1 aromatic heterocycles. The van der Waals surface area contributed by atoms with Crippen molar-refractivity contribution in [2.24, 2.45) is 0 Å². The van der Waals surface area contributed by atoms with Gasteiger partial charge in [-0.15, -0.1) is 0 Å². The van der Waals surface area contributed by atoms with E-state index in [1.54, 1.807) is 56.4 Å². The Hall–Kier alpha value is -2.89. The van der Waals surface area contributed by atoms with E-state index >= 15 is 0 Å². The highest BCUT2D eigenvalue weighted by Crippen LogP contribution is 2.10. The van der Waals surface area contributed by atoms with Gasteiger partial charge in [0.1, 0.15) is 6.54 Å². The van der Waals surface area contributed by atoms with Gasteiger partial charge in [0.2, 0.25) is 5.91 Å². The molecule has 0 aliphatic rings. The van der Waals surface area contributed by atoms with Gasteiger partial charge in [-0.25, -0.2) is 4.79 Å². The van der Waals surface area contributed by atoms with Crippen molar-refractivity contribution in [3.63, 3.8) is 0 Å². The maximum Gasteiger partial charge on any atom is 0.338 e. The molecule has 0 fully saturated rings. The van der Waals surface area contributed by atoms with Gasteiger partial charge in [-0.05, 0) is 44.2 Å². The van der Waals surface area contributed by atoms with Gasteiger partial charge in [0.25, 0.3) is 5.56 Å². The van der Waals surface area contributed by atoms with E-state index in [1.807, 2.05) is 0 Å². The Morgan fingerprint density at radius 3 is 2.52 bits per heavy atom. The van der Waals surface area contributed by atoms with Crippen LogP contribution in [0.15, 0.2) is 47.4 Å². The lowest BCUT2D eigenvalue weighted by molar-refractivity contribution is -0.116. The van der Waals surface area contributed by atoms with Gasteiger partial charge >= 0.3 is 5.97 Å². The van der Waals surface area contributed by atoms with E-state index in [2.05, 4.69) is 5.32 Å². The van der Waals surface area contributed by atoms with E-state index < -0.39 is 5.97 Å². The third-order valence-corrected chi connectivity index (χ3v) is 3.20. The van der Waals surface area contributed by atoms with Crippen molar-refractivity contribution in [2.75, 3.05) is 11.9 Å². The minimum Gasteiger partial charge on any atom is -0.462 e. The number of amides is 1. The lowest BCUT2D eigenvalue weighted by Crippen LogP contribution is -2.28. The topological polar surface area (TPSA) is 77.4 Å². The number of carbonyl (C=O) groups is 2. The number of nitrogens with one attached hydrogen (secondary N) is 1. The van der Waals surface area contributed by atoms with Gasteiger partial charge in [-0.1, -0.05) is 6.07 Å². The number of ether oxygens (including phenoxy) is 1. The maximum absolute atomic E-state index is 12.0. The van der Waals surface area contributed by atoms with Crippen LogP contribution in [-0.4, -0.2) is 23.1 Å². The first-order chi connectivity index (χ1) is 11.0. The minimum absolute atomic E-state index is 0.0693. The fraction of sp³-hybridized carbons (Fsp3) is 0.235. The number of anilines is 1. The molecular weight excluding hydrogens is 296 g/mol. The molecule has 0 radical (unpaired) electrons. The summed E-state index contributed by atoms with van der Waals surface area (Å²) < 4.78 is 6.23. The zero-order chi connectivity index (χ0) is 16.8. The fourth-order valence-electron chi connectivity index (χ4n) is 2.04. The molecule has 0 saturated heterocycles. The fourth-order valence-corrected chi connectivity index (χ4v) is 2.04. The predicted molar refractivity (Wildman–Crippen MR) is 86.5 cm³/mol. The summed E-state index contributed by atoms with van der Waals surface area (Å²) in [5.41, 5.74) is 1.35. The Balaban J connectivity index is 2.02. The van der Waals surface area contributed by atoms with Crippen LogP contribution >= 0.6 is 0 Å². The molecule has 2 aromatic rings. The van der Waals surface area contributed by atoms with Crippen LogP contribution in [0, 0.1) is 6.92 Å². The third-order valence-electron chi connectivity index (χ3n) is 3.20. The summed E-state index contributed by atoms with van der Waals surface area (Å²) >= 11 is 0. The first kappa shape index (κ1) is 16.5. The Labute approximate surface area is 133 Å². The molecule has 1 heterocycles. The number of nitrogens with zero attached hydrogens (tertiary/aromatic N) is 1. The van der Waals surface area contributed by atoms with E-state index in [-0.39, 0.29) is 18.0 Å². The molecule has 6 heteroatoms. The number of carbonyl (C=O) groups excluding carboxylic acids is 2. The monoisotopic (exact) mass is 314 g/mol. The molecule has 23 heavy (non-hydrogen) atoms. The van der Waals surface area contributed by atoms with Crippen LogP contribution in [0.1, 0.15) is 22.8 Å². The standard InChI is InChI=1S/C17H18N2O4/c1-3-23-17(22)13-6-8-14(9-7-13)18-15(20)11-19-10-4-5-12(2)16(19)21/h4-10H,3,11H2,1-2H3,(H,18,20). The van der Waals surface area contributed by atoms with E-state index in [0.29, 0.717) is 23.4 Å². The number of benzene rings is 1. The molecular formula is C17H18N2O4. The van der Waals surface area contributed by atoms with Crippen LogP contribution in [0.25, 0.3) is 0 Å². The highest BCUT2D eigenvalue weighted by atomic mass is 16.5. The van der Waals surface area contributed by atoms with Gasteiger partial charge in [-0.2, -0.15) is 0 Å². The van der Waals surface area contributed by atoms with Crippen molar-refractivity contribution in [3.05, 3.63) is 64.1 Å². The molecule has 0 atom stereocenters. The second kappa shape index (κ2) is 7.40. The number of hydrogen-bond acceptors (Lipinski definition) is 4. The minimum atomic E-state index is -0.406. The van der Waals surface area contributed by atoms with E-state index in [1.165, 1.54) is 4.57 Å². The Morgan fingerprint density at radius 1 is 1.17 bits per heavy atom. The summed E-state index contributed by atoms with van der Waals surface area (Å²) in [6, 6.07) is 9.80. The summed E-state index contributed by atoms with van der Waals surface area (Å²) in [5, 5.41) is 2.68. The number of rotatable bonds is 5. The average Bonchev–Trinajstić information content (AvgIpc) is 2.53. The second-order valence-corrected chi connectivity index (χ2v) is 4.97. The smallest absolute Gasteiger partial charge is 0.338 e. The predicted octanol–water partition coefficient (Wildman–Crippen LogP) is 1.97. The van der Waals surface area contributed by atoms with Crippen LogP contribution < -0.4 is 10.9 Å². The third kappa shape index (κ3) is 4.29. The molecule has 0 bridgehead atoms. The lowest BCUT2D eigenvalue weighted by atomic mass is 10.2. The van der Waals surface area contributed by atoms with Crippen LogP contribution in [0.2, 0.25) is 0 Å². The molecule has 2 rings (SSSR count). The molecule has 0 unspecified atom stereocenters. The van der Waals surface area contributed by atoms with Gasteiger partial charge in [0.15, 0.2) is 0 Å². The van der Waals surface area contributed by atoms with Crippen LogP contribution in [-0.2, 0) is 16.1 Å². The largest absolute Gasteiger partial charge is 0.462 e. The Kier molecular flexibility index (Phi) is 5.30. The summed E-state index contributed by atoms with van der Waals surface area (Å²) in [6.45, 7) is 3.67. The van der Waals surface area contributed by atoms with Crippen LogP contribution in [0.4, 0.5) is 5.69 Å². The number of aryl methyl sites for hydroxylation is 1. The Bertz CT molecular complexity index is 763. The number of hydrogen-bond donors (Lipinski definition) is 1. The first-order valence-corrected chi connectivity index (χ1v) is 7.24. The van der Waals surface area contributed by atoms with Crippen molar-refractivity contribution < 1.29 is 14.3 Å². The highest BCUT2D eigenvalue weighted by Gasteiger charge is 2.08. The lowest BCUT2D eigenvalue weighted by Gasteiger charge is -2.08. The summed E-state index contributed by atoms with van der Waals surface area (Å²) in [7, 11) is 0. The normalized spacial score (nSPS) is 10.2. The van der Waals surface area contributed by atoms with Gasteiger partial charge in [-0.3, -0.25) is 9.59 Å². The maximum atomic E-state index is 12.0. The molecule has 0 aliphatic heterocycles.